The first-order chi connectivity index (χ1) is 6.92. The zero-order chi connectivity index (χ0) is 9.80. The number of allylic oxidation sites excluding steroid dienone is 1. The highest BCUT2D eigenvalue weighted by Gasteiger charge is 2.36. The van der Waals surface area contributed by atoms with E-state index >= 15 is 0 Å². The molecule has 0 aromatic rings. The average Bonchev–Trinajstić information content (AvgIpc) is 2.63. The van der Waals surface area contributed by atoms with Crippen molar-refractivity contribution in [2.45, 2.75) is 57.8 Å². The number of hydrogen-bond acceptors (Lipinski definition) is 0. The van der Waals surface area contributed by atoms with Gasteiger partial charge in [-0.3, -0.25) is 0 Å². The Balaban J connectivity index is 1.78. The van der Waals surface area contributed by atoms with Gasteiger partial charge in [-0.15, -0.1) is 6.58 Å². The normalized spacial score (nSPS) is 36.7. The quantitative estimate of drug-likeness (QED) is 0.452. The third-order valence-corrected chi connectivity index (χ3v) is 4.46. The fourth-order valence-corrected chi connectivity index (χ4v) is 3.74. The molecule has 3 atom stereocenters. The first-order valence-corrected chi connectivity index (χ1v) is 6.52. The molecule has 0 heteroatoms. The SMILES string of the molecule is C=CCCCC1CCC2CCCCC12. The minimum absolute atomic E-state index is 1.08. The summed E-state index contributed by atoms with van der Waals surface area (Å²) < 4.78 is 0. The van der Waals surface area contributed by atoms with Crippen LogP contribution in [0.4, 0.5) is 0 Å². The van der Waals surface area contributed by atoms with Crippen LogP contribution in [0.5, 0.6) is 0 Å². The predicted molar refractivity (Wildman–Crippen MR) is 62.2 cm³/mol. The number of fused-ring (bicyclic) bond motifs is 1. The zero-order valence-corrected chi connectivity index (χ0v) is 9.38. The van der Waals surface area contributed by atoms with Crippen LogP contribution >= 0.6 is 0 Å². The lowest BCUT2D eigenvalue weighted by molar-refractivity contribution is 0.219. The molecule has 2 rings (SSSR count). The molecule has 0 aromatic carbocycles. The van der Waals surface area contributed by atoms with Crippen LogP contribution < -0.4 is 0 Å². The van der Waals surface area contributed by atoms with Gasteiger partial charge in [0, 0.05) is 0 Å². The molecule has 0 saturated heterocycles. The number of hydrogen-bond donors (Lipinski definition) is 0. The molecular weight excluding hydrogens is 168 g/mol. The maximum absolute atomic E-state index is 3.81. The van der Waals surface area contributed by atoms with Gasteiger partial charge in [0.25, 0.3) is 0 Å². The number of unbranched alkanes of at least 4 members (excludes halogenated alkanes) is 1. The van der Waals surface area contributed by atoms with Gasteiger partial charge in [-0.05, 0) is 56.3 Å². The van der Waals surface area contributed by atoms with Gasteiger partial charge in [-0.2, -0.15) is 0 Å². The molecule has 0 aromatic heterocycles. The zero-order valence-electron chi connectivity index (χ0n) is 9.38. The van der Waals surface area contributed by atoms with Gasteiger partial charge in [-0.1, -0.05) is 25.3 Å². The molecule has 2 saturated carbocycles. The summed E-state index contributed by atoms with van der Waals surface area (Å²) in [6.45, 7) is 3.81. The highest BCUT2D eigenvalue weighted by molar-refractivity contribution is 4.87. The van der Waals surface area contributed by atoms with Crippen molar-refractivity contribution in [2.75, 3.05) is 0 Å². The molecular formula is C14H24. The van der Waals surface area contributed by atoms with Crippen molar-refractivity contribution < 1.29 is 0 Å². The third-order valence-electron chi connectivity index (χ3n) is 4.46. The Morgan fingerprint density at radius 3 is 2.79 bits per heavy atom. The lowest BCUT2D eigenvalue weighted by atomic mass is 9.77. The van der Waals surface area contributed by atoms with Gasteiger partial charge in [0.05, 0.1) is 0 Å². The monoisotopic (exact) mass is 192 g/mol. The molecule has 0 spiro atoms. The Labute approximate surface area is 88.8 Å². The van der Waals surface area contributed by atoms with E-state index in [4.69, 9.17) is 0 Å². The van der Waals surface area contributed by atoms with Crippen molar-refractivity contribution in [1.29, 1.82) is 0 Å². The van der Waals surface area contributed by atoms with Crippen LogP contribution in [0.15, 0.2) is 12.7 Å². The molecule has 0 aliphatic heterocycles. The summed E-state index contributed by atoms with van der Waals surface area (Å²) in [5.74, 6) is 3.33. The average molecular weight is 192 g/mol. The van der Waals surface area contributed by atoms with E-state index in [1.807, 2.05) is 0 Å². The third kappa shape index (κ3) is 2.21. The van der Waals surface area contributed by atoms with E-state index in [1.54, 1.807) is 19.3 Å². The smallest absolute Gasteiger partial charge is 0.0353 e. The molecule has 3 unspecified atom stereocenters. The summed E-state index contributed by atoms with van der Waals surface area (Å²) in [5.41, 5.74) is 0. The van der Waals surface area contributed by atoms with E-state index in [0.717, 1.165) is 17.8 Å². The molecule has 0 N–H and O–H groups in total. The van der Waals surface area contributed by atoms with E-state index < -0.39 is 0 Å². The Hall–Kier alpha value is -0.260. The minimum atomic E-state index is 1.08. The second-order valence-electron chi connectivity index (χ2n) is 5.27. The first kappa shape index (κ1) is 10.3. The van der Waals surface area contributed by atoms with Gasteiger partial charge in [0.2, 0.25) is 0 Å². The van der Waals surface area contributed by atoms with Crippen molar-refractivity contribution in [3.8, 4) is 0 Å². The van der Waals surface area contributed by atoms with Crippen molar-refractivity contribution in [3.05, 3.63) is 12.7 Å². The van der Waals surface area contributed by atoms with Gasteiger partial charge < -0.3 is 0 Å². The second-order valence-corrected chi connectivity index (χ2v) is 5.27. The molecule has 2 aliphatic carbocycles. The summed E-state index contributed by atoms with van der Waals surface area (Å²) in [7, 11) is 0. The van der Waals surface area contributed by atoms with Crippen LogP contribution in [0, 0.1) is 17.8 Å². The lowest BCUT2D eigenvalue weighted by Gasteiger charge is -2.29. The van der Waals surface area contributed by atoms with Crippen LogP contribution in [0.2, 0.25) is 0 Å². The van der Waals surface area contributed by atoms with Gasteiger partial charge in [-0.25, -0.2) is 0 Å². The number of rotatable bonds is 4. The summed E-state index contributed by atoms with van der Waals surface area (Å²) >= 11 is 0. The van der Waals surface area contributed by atoms with Gasteiger partial charge in [0.15, 0.2) is 0 Å². The fraction of sp³-hybridized carbons (Fsp3) is 0.857. The summed E-state index contributed by atoms with van der Waals surface area (Å²) in [5, 5.41) is 0. The standard InChI is InChI=1S/C14H24/c1-2-3-4-7-12-10-11-13-8-5-6-9-14(12)13/h2,12-14H,1,3-11H2. The van der Waals surface area contributed by atoms with Crippen molar-refractivity contribution in [3.63, 3.8) is 0 Å². The Kier molecular flexibility index (Phi) is 3.67. The Morgan fingerprint density at radius 1 is 1.07 bits per heavy atom. The van der Waals surface area contributed by atoms with Crippen LogP contribution in [0.25, 0.3) is 0 Å². The topological polar surface area (TPSA) is 0 Å². The maximum atomic E-state index is 3.81. The highest BCUT2D eigenvalue weighted by atomic mass is 14.4. The Bertz CT molecular complexity index is 182. The summed E-state index contributed by atoms with van der Waals surface area (Å²) in [6, 6.07) is 0. The summed E-state index contributed by atoms with van der Waals surface area (Å²) in [6.07, 6.45) is 15.4. The largest absolute Gasteiger partial charge is 0.103 e. The molecule has 0 radical (unpaired) electrons. The predicted octanol–water partition coefficient (Wildman–Crippen LogP) is 4.56. The molecule has 2 fully saturated rings. The van der Waals surface area contributed by atoms with E-state index in [2.05, 4.69) is 12.7 Å². The minimum Gasteiger partial charge on any atom is -0.103 e. The fourth-order valence-electron chi connectivity index (χ4n) is 3.74. The van der Waals surface area contributed by atoms with E-state index in [1.165, 1.54) is 38.5 Å². The molecule has 0 nitrogen and oxygen atoms in total. The maximum Gasteiger partial charge on any atom is -0.0353 e. The van der Waals surface area contributed by atoms with Crippen LogP contribution in [0.1, 0.15) is 57.8 Å². The molecule has 14 heavy (non-hydrogen) atoms. The van der Waals surface area contributed by atoms with Gasteiger partial charge in [0.1, 0.15) is 0 Å². The van der Waals surface area contributed by atoms with E-state index in [-0.39, 0.29) is 0 Å². The first-order valence-electron chi connectivity index (χ1n) is 6.52. The van der Waals surface area contributed by atoms with Gasteiger partial charge >= 0.3 is 0 Å². The van der Waals surface area contributed by atoms with E-state index in [0.29, 0.717) is 0 Å². The van der Waals surface area contributed by atoms with Crippen LogP contribution in [-0.4, -0.2) is 0 Å². The van der Waals surface area contributed by atoms with Crippen LogP contribution in [-0.2, 0) is 0 Å². The molecule has 0 bridgehead atoms. The molecule has 80 valence electrons. The van der Waals surface area contributed by atoms with E-state index in [9.17, 15) is 0 Å². The molecule has 0 amide bonds. The highest BCUT2D eigenvalue weighted by Crippen LogP contribution is 2.47. The molecule has 0 heterocycles. The lowest BCUT2D eigenvalue weighted by Crippen LogP contribution is -2.19. The Morgan fingerprint density at radius 2 is 1.93 bits per heavy atom. The van der Waals surface area contributed by atoms with Crippen molar-refractivity contribution in [1.82, 2.24) is 0 Å². The van der Waals surface area contributed by atoms with Crippen molar-refractivity contribution >= 4 is 0 Å². The summed E-state index contributed by atoms with van der Waals surface area (Å²) in [4.78, 5) is 0. The van der Waals surface area contributed by atoms with Crippen LogP contribution in [0.3, 0.4) is 0 Å². The molecule has 2 aliphatic rings. The van der Waals surface area contributed by atoms with Crippen molar-refractivity contribution in [2.24, 2.45) is 17.8 Å². The second kappa shape index (κ2) is 5.00.